The molecular formula is C25H32N2O5S. The SMILES string of the molecule is CCCCc1ccc(S(=O)(=O)N(CC(=O)OCC)c2ccc(N3CCC(=O)CC3)cc2)cc1. The van der Waals surface area contributed by atoms with Gasteiger partial charge in [0.2, 0.25) is 0 Å². The third kappa shape index (κ3) is 6.35. The fourth-order valence-corrected chi connectivity index (χ4v) is 5.23. The summed E-state index contributed by atoms with van der Waals surface area (Å²) >= 11 is 0. The summed E-state index contributed by atoms with van der Waals surface area (Å²) in [5.41, 5.74) is 2.38. The van der Waals surface area contributed by atoms with Crippen molar-refractivity contribution in [3.05, 3.63) is 54.1 Å². The van der Waals surface area contributed by atoms with Crippen LogP contribution >= 0.6 is 0 Å². The largest absolute Gasteiger partial charge is 0.465 e. The highest BCUT2D eigenvalue weighted by atomic mass is 32.2. The van der Waals surface area contributed by atoms with Gasteiger partial charge < -0.3 is 9.64 Å². The molecule has 8 heteroatoms. The summed E-state index contributed by atoms with van der Waals surface area (Å²) in [6.07, 6.45) is 4.03. The van der Waals surface area contributed by atoms with Gasteiger partial charge in [0.15, 0.2) is 0 Å². The third-order valence-electron chi connectivity index (χ3n) is 5.73. The number of Topliss-reactive ketones (excluding diaryl/α,β-unsaturated/α-hetero) is 1. The first-order valence-electron chi connectivity index (χ1n) is 11.5. The average molecular weight is 473 g/mol. The monoisotopic (exact) mass is 472 g/mol. The van der Waals surface area contributed by atoms with Gasteiger partial charge in [-0.1, -0.05) is 25.5 Å². The zero-order chi connectivity index (χ0) is 23.8. The Morgan fingerprint density at radius 2 is 1.64 bits per heavy atom. The molecule has 178 valence electrons. The molecule has 2 aromatic carbocycles. The fraction of sp³-hybridized carbons (Fsp3) is 0.440. The molecule has 1 aliphatic rings. The van der Waals surface area contributed by atoms with Gasteiger partial charge in [-0.3, -0.25) is 13.9 Å². The number of ketones is 1. The second kappa shape index (κ2) is 11.3. The van der Waals surface area contributed by atoms with Gasteiger partial charge >= 0.3 is 5.97 Å². The molecule has 0 amide bonds. The van der Waals surface area contributed by atoms with Crippen molar-refractivity contribution in [3.63, 3.8) is 0 Å². The number of unbranched alkanes of at least 4 members (excludes halogenated alkanes) is 1. The number of sulfonamides is 1. The molecule has 0 radical (unpaired) electrons. The van der Waals surface area contributed by atoms with Crippen LogP contribution in [0.25, 0.3) is 0 Å². The van der Waals surface area contributed by atoms with E-state index in [-0.39, 0.29) is 17.3 Å². The number of nitrogens with zero attached hydrogens (tertiary/aromatic N) is 2. The molecule has 0 spiro atoms. The van der Waals surface area contributed by atoms with E-state index in [2.05, 4.69) is 11.8 Å². The minimum Gasteiger partial charge on any atom is -0.465 e. The van der Waals surface area contributed by atoms with Gasteiger partial charge in [-0.2, -0.15) is 0 Å². The molecular weight excluding hydrogens is 440 g/mol. The Kier molecular flexibility index (Phi) is 8.49. The van der Waals surface area contributed by atoms with Gasteiger partial charge in [0.05, 0.1) is 17.2 Å². The molecule has 0 atom stereocenters. The number of hydrogen-bond acceptors (Lipinski definition) is 6. The van der Waals surface area contributed by atoms with E-state index in [0.717, 1.165) is 34.8 Å². The van der Waals surface area contributed by atoms with Gasteiger partial charge in [0.25, 0.3) is 10.0 Å². The lowest BCUT2D eigenvalue weighted by Gasteiger charge is -2.29. The first kappa shape index (κ1) is 24.8. The van der Waals surface area contributed by atoms with E-state index >= 15 is 0 Å². The van der Waals surface area contributed by atoms with Crippen molar-refractivity contribution in [2.45, 2.75) is 50.8 Å². The Hall–Kier alpha value is -2.87. The molecule has 1 fully saturated rings. The highest BCUT2D eigenvalue weighted by Crippen LogP contribution is 2.27. The van der Waals surface area contributed by atoms with Crippen LogP contribution in [-0.4, -0.2) is 46.4 Å². The molecule has 0 bridgehead atoms. The van der Waals surface area contributed by atoms with Gasteiger partial charge in [0.1, 0.15) is 12.3 Å². The molecule has 2 aromatic rings. The molecule has 3 rings (SSSR count). The van der Waals surface area contributed by atoms with E-state index < -0.39 is 22.5 Å². The van der Waals surface area contributed by atoms with Crippen molar-refractivity contribution >= 4 is 33.2 Å². The summed E-state index contributed by atoms with van der Waals surface area (Å²) in [7, 11) is -3.98. The Bertz CT molecular complexity index is 1040. The first-order valence-corrected chi connectivity index (χ1v) is 12.9. The predicted octanol–water partition coefficient (Wildman–Crippen LogP) is 3.96. The van der Waals surface area contributed by atoms with Crippen molar-refractivity contribution in [2.75, 3.05) is 35.4 Å². The molecule has 1 heterocycles. The topological polar surface area (TPSA) is 84.0 Å². The van der Waals surface area contributed by atoms with Crippen molar-refractivity contribution in [3.8, 4) is 0 Å². The summed E-state index contributed by atoms with van der Waals surface area (Å²) in [5, 5.41) is 0. The first-order chi connectivity index (χ1) is 15.8. The van der Waals surface area contributed by atoms with E-state index in [0.29, 0.717) is 31.6 Å². The van der Waals surface area contributed by atoms with E-state index in [1.54, 1.807) is 31.2 Å². The molecule has 0 aliphatic carbocycles. The highest BCUT2D eigenvalue weighted by Gasteiger charge is 2.28. The standard InChI is InChI=1S/C25H32N2O5S/c1-3-5-6-20-7-13-24(14-8-20)33(30,31)27(19-25(29)32-4-2)22-11-9-21(10-12-22)26-17-15-23(28)16-18-26/h7-14H,3-6,15-19H2,1-2H3. The minimum atomic E-state index is -3.98. The van der Waals surface area contributed by atoms with E-state index in [1.807, 2.05) is 24.3 Å². The van der Waals surface area contributed by atoms with Crippen LogP contribution in [0.2, 0.25) is 0 Å². The summed E-state index contributed by atoms with van der Waals surface area (Å²) < 4.78 is 33.1. The molecule has 7 nitrogen and oxygen atoms in total. The molecule has 0 aromatic heterocycles. The number of rotatable bonds is 10. The van der Waals surface area contributed by atoms with Crippen LogP contribution in [-0.2, 0) is 30.8 Å². The lowest BCUT2D eigenvalue weighted by atomic mass is 10.1. The number of hydrogen-bond donors (Lipinski definition) is 0. The number of anilines is 2. The maximum Gasteiger partial charge on any atom is 0.326 e. The lowest BCUT2D eigenvalue weighted by molar-refractivity contribution is -0.141. The molecule has 33 heavy (non-hydrogen) atoms. The summed E-state index contributed by atoms with van der Waals surface area (Å²) in [6, 6.07) is 13.9. The lowest BCUT2D eigenvalue weighted by Crippen LogP contribution is -2.37. The van der Waals surface area contributed by atoms with Crippen LogP contribution in [0.3, 0.4) is 0 Å². The molecule has 1 aliphatic heterocycles. The smallest absolute Gasteiger partial charge is 0.326 e. The van der Waals surface area contributed by atoms with Gasteiger partial charge in [-0.15, -0.1) is 0 Å². The maximum atomic E-state index is 13.5. The van der Waals surface area contributed by atoms with Crippen molar-refractivity contribution in [2.24, 2.45) is 0 Å². The average Bonchev–Trinajstić information content (AvgIpc) is 2.82. The number of carbonyl (C=O) groups excluding carboxylic acids is 2. The number of esters is 1. The zero-order valence-corrected chi connectivity index (χ0v) is 20.1. The van der Waals surface area contributed by atoms with E-state index in [9.17, 15) is 18.0 Å². The highest BCUT2D eigenvalue weighted by molar-refractivity contribution is 7.92. The Labute approximate surface area is 196 Å². The second-order valence-corrected chi connectivity index (χ2v) is 9.97. The second-order valence-electron chi connectivity index (χ2n) is 8.11. The predicted molar refractivity (Wildman–Crippen MR) is 129 cm³/mol. The zero-order valence-electron chi connectivity index (χ0n) is 19.3. The van der Waals surface area contributed by atoms with E-state index in [4.69, 9.17) is 4.74 Å². The van der Waals surface area contributed by atoms with Crippen molar-refractivity contribution in [1.82, 2.24) is 0 Å². The summed E-state index contributed by atoms with van der Waals surface area (Å²) in [4.78, 5) is 26.0. The Balaban J connectivity index is 1.87. The summed E-state index contributed by atoms with van der Waals surface area (Å²) in [6.45, 7) is 4.85. The fourth-order valence-electron chi connectivity index (χ4n) is 3.82. The van der Waals surface area contributed by atoms with Crippen LogP contribution in [0.5, 0.6) is 0 Å². The summed E-state index contributed by atoms with van der Waals surface area (Å²) in [5.74, 6) is -0.352. The molecule has 0 N–H and O–H groups in total. The minimum absolute atomic E-state index is 0.130. The number of piperidine rings is 1. The quantitative estimate of drug-likeness (QED) is 0.487. The molecule has 0 unspecified atom stereocenters. The van der Waals surface area contributed by atoms with Crippen LogP contribution in [0.4, 0.5) is 11.4 Å². The van der Waals surface area contributed by atoms with Gasteiger partial charge in [-0.25, -0.2) is 8.42 Å². The normalized spacial score (nSPS) is 14.2. The number of carbonyl (C=O) groups is 2. The van der Waals surface area contributed by atoms with Crippen molar-refractivity contribution in [1.29, 1.82) is 0 Å². The Morgan fingerprint density at radius 3 is 2.21 bits per heavy atom. The Morgan fingerprint density at radius 1 is 1.00 bits per heavy atom. The maximum absolute atomic E-state index is 13.5. The van der Waals surface area contributed by atoms with E-state index in [1.165, 1.54) is 0 Å². The number of ether oxygens (including phenoxy) is 1. The van der Waals surface area contributed by atoms with Crippen LogP contribution in [0.1, 0.15) is 45.1 Å². The van der Waals surface area contributed by atoms with Crippen LogP contribution in [0.15, 0.2) is 53.4 Å². The van der Waals surface area contributed by atoms with Crippen LogP contribution in [0, 0.1) is 0 Å². The molecule has 1 saturated heterocycles. The third-order valence-corrected chi connectivity index (χ3v) is 7.52. The van der Waals surface area contributed by atoms with Crippen LogP contribution < -0.4 is 9.21 Å². The number of benzene rings is 2. The number of aryl methyl sites for hydroxylation is 1. The van der Waals surface area contributed by atoms with Gasteiger partial charge in [-0.05, 0) is 61.7 Å². The molecule has 0 saturated carbocycles. The van der Waals surface area contributed by atoms with Crippen molar-refractivity contribution < 1.29 is 22.7 Å². The van der Waals surface area contributed by atoms with Gasteiger partial charge in [0, 0.05) is 31.6 Å².